The first kappa shape index (κ1) is 11.3. The molecule has 0 heterocycles. The van der Waals surface area contributed by atoms with E-state index in [0.717, 1.165) is 29.4 Å². The van der Waals surface area contributed by atoms with E-state index in [1.807, 2.05) is 18.2 Å². The molecule has 0 amide bonds. The number of benzene rings is 1. The second-order valence-corrected chi connectivity index (χ2v) is 4.39. The molecule has 0 radical (unpaired) electrons. The van der Waals surface area contributed by atoms with Crippen molar-refractivity contribution in [2.24, 2.45) is 11.7 Å². The third kappa shape index (κ3) is 2.47. The van der Waals surface area contributed by atoms with Gasteiger partial charge < -0.3 is 15.2 Å². The summed E-state index contributed by atoms with van der Waals surface area (Å²) in [5.74, 6) is 2.50. The topological polar surface area (TPSA) is 44.5 Å². The zero-order chi connectivity index (χ0) is 11.5. The molecule has 1 aromatic carbocycles. The first-order valence-corrected chi connectivity index (χ1v) is 5.72. The lowest BCUT2D eigenvalue weighted by Gasteiger charge is -2.16. The van der Waals surface area contributed by atoms with E-state index in [1.165, 1.54) is 12.8 Å². The highest BCUT2D eigenvalue weighted by atomic mass is 16.5. The lowest BCUT2D eigenvalue weighted by molar-refractivity contribution is 0.393. The molecule has 0 aromatic heterocycles. The summed E-state index contributed by atoms with van der Waals surface area (Å²) in [6, 6.07) is 5.84. The van der Waals surface area contributed by atoms with Crippen LogP contribution in [0.15, 0.2) is 18.2 Å². The summed E-state index contributed by atoms with van der Waals surface area (Å²) in [5.41, 5.74) is 7.25. The molecule has 0 spiro atoms. The Labute approximate surface area is 96.5 Å². The molecular formula is C13H19NO2. The second-order valence-electron chi connectivity index (χ2n) is 4.39. The molecule has 16 heavy (non-hydrogen) atoms. The Hall–Kier alpha value is -1.22. The smallest absolute Gasteiger partial charge is 0.123 e. The molecule has 1 aliphatic carbocycles. The predicted molar refractivity (Wildman–Crippen MR) is 63.8 cm³/mol. The first-order valence-electron chi connectivity index (χ1n) is 5.72. The summed E-state index contributed by atoms with van der Waals surface area (Å²) in [6.07, 6.45) is 3.68. The van der Waals surface area contributed by atoms with E-state index in [2.05, 4.69) is 0 Å². The Morgan fingerprint density at radius 2 is 2.06 bits per heavy atom. The van der Waals surface area contributed by atoms with Gasteiger partial charge in [0, 0.05) is 11.6 Å². The normalized spacial score (nSPS) is 16.9. The molecule has 1 saturated carbocycles. The van der Waals surface area contributed by atoms with Gasteiger partial charge in [-0.1, -0.05) is 12.8 Å². The van der Waals surface area contributed by atoms with Gasteiger partial charge in [-0.15, -0.1) is 0 Å². The summed E-state index contributed by atoms with van der Waals surface area (Å²) < 4.78 is 10.5. The van der Waals surface area contributed by atoms with Gasteiger partial charge in [0.25, 0.3) is 0 Å². The quantitative estimate of drug-likeness (QED) is 0.830. The van der Waals surface area contributed by atoms with Crippen molar-refractivity contribution in [2.75, 3.05) is 14.2 Å². The van der Waals surface area contributed by atoms with Crippen LogP contribution in [0, 0.1) is 5.92 Å². The lowest BCUT2D eigenvalue weighted by Crippen LogP contribution is -2.12. The highest BCUT2D eigenvalue weighted by Crippen LogP contribution is 2.39. The number of methoxy groups -OCH3 is 2. The van der Waals surface area contributed by atoms with E-state index in [0.29, 0.717) is 0 Å². The standard InChI is InChI=1S/C13H19NO2/c1-15-10-5-6-13(16-2)11(8-10)12(14)7-9-3-4-9/h5-6,8-9,12H,3-4,7,14H2,1-2H3. The van der Waals surface area contributed by atoms with Crippen LogP contribution < -0.4 is 15.2 Å². The third-order valence-electron chi connectivity index (χ3n) is 3.12. The molecule has 0 aliphatic heterocycles. The van der Waals surface area contributed by atoms with Crippen LogP contribution in [0.3, 0.4) is 0 Å². The highest BCUT2D eigenvalue weighted by Gasteiger charge is 2.25. The van der Waals surface area contributed by atoms with Crippen molar-refractivity contribution in [3.05, 3.63) is 23.8 Å². The van der Waals surface area contributed by atoms with Crippen molar-refractivity contribution in [1.29, 1.82) is 0 Å². The molecule has 0 bridgehead atoms. The van der Waals surface area contributed by atoms with E-state index in [1.54, 1.807) is 14.2 Å². The van der Waals surface area contributed by atoms with E-state index in [4.69, 9.17) is 15.2 Å². The fourth-order valence-electron chi connectivity index (χ4n) is 1.97. The molecule has 1 aliphatic rings. The van der Waals surface area contributed by atoms with E-state index >= 15 is 0 Å². The average Bonchev–Trinajstić information content (AvgIpc) is 3.12. The van der Waals surface area contributed by atoms with Gasteiger partial charge in [-0.25, -0.2) is 0 Å². The van der Waals surface area contributed by atoms with Crippen molar-refractivity contribution in [3.8, 4) is 11.5 Å². The number of nitrogens with two attached hydrogens (primary N) is 1. The Balaban J connectivity index is 2.20. The minimum atomic E-state index is 0.0533. The first-order chi connectivity index (χ1) is 7.74. The van der Waals surface area contributed by atoms with Crippen molar-refractivity contribution in [1.82, 2.24) is 0 Å². The Kier molecular flexibility index (Phi) is 3.34. The van der Waals surface area contributed by atoms with E-state index < -0.39 is 0 Å². The Morgan fingerprint density at radius 1 is 1.31 bits per heavy atom. The number of ether oxygens (including phenoxy) is 2. The van der Waals surface area contributed by atoms with Crippen LogP contribution >= 0.6 is 0 Å². The lowest BCUT2D eigenvalue weighted by atomic mass is 10.0. The molecule has 1 aromatic rings. The maximum Gasteiger partial charge on any atom is 0.123 e. The maximum absolute atomic E-state index is 6.20. The maximum atomic E-state index is 6.20. The Bertz CT molecular complexity index is 361. The van der Waals surface area contributed by atoms with Gasteiger partial charge in [-0.2, -0.15) is 0 Å². The summed E-state index contributed by atoms with van der Waals surface area (Å²) in [7, 11) is 3.34. The second kappa shape index (κ2) is 4.74. The number of hydrogen-bond donors (Lipinski definition) is 1. The summed E-state index contributed by atoms with van der Waals surface area (Å²) in [6.45, 7) is 0. The van der Waals surface area contributed by atoms with Crippen LogP contribution in [0.1, 0.15) is 30.9 Å². The summed E-state index contributed by atoms with van der Waals surface area (Å²) in [5, 5.41) is 0. The molecule has 1 atom stereocenters. The minimum absolute atomic E-state index is 0.0533. The monoisotopic (exact) mass is 221 g/mol. The zero-order valence-corrected chi connectivity index (χ0v) is 9.90. The van der Waals surface area contributed by atoms with Crippen LogP contribution in [-0.2, 0) is 0 Å². The van der Waals surface area contributed by atoms with Gasteiger partial charge in [0.15, 0.2) is 0 Å². The Morgan fingerprint density at radius 3 is 2.62 bits per heavy atom. The van der Waals surface area contributed by atoms with Gasteiger partial charge in [0.1, 0.15) is 11.5 Å². The largest absolute Gasteiger partial charge is 0.497 e. The zero-order valence-electron chi connectivity index (χ0n) is 9.90. The van der Waals surface area contributed by atoms with Gasteiger partial charge >= 0.3 is 0 Å². The third-order valence-corrected chi connectivity index (χ3v) is 3.12. The van der Waals surface area contributed by atoms with Crippen LogP contribution in [0.5, 0.6) is 11.5 Å². The van der Waals surface area contributed by atoms with Crippen LogP contribution in [0.25, 0.3) is 0 Å². The van der Waals surface area contributed by atoms with Gasteiger partial charge in [0.05, 0.1) is 14.2 Å². The highest BCUT2D eigenvalue weighted by molar-refractivity contribution is 5.42. The minimum Gasteiger partial charge on any atom is -0.497 e. The van der Waals surface area contributed by atoms with Crippen molar-refractivity contribution >= 4 is 0 Å². The van der Waals surface area contributed by atoms with Crippen molar-refractivity contribution < 1.29 is 9.47 Å². The van der Waals surface area contributed by atoms with Crippen LogP contribution in [-0.4, -0.2) is 14.2 Å². The van der Waals surface area contributed by atoms with E-state index in [-0.39, 0.29) is 6.04 Å². The molecular weight excluding hydrogens is 202 g/mol. The molecule has 2 rings (SSSR count). The molecule has 1 unspecified atom stereocenters. The van der Waals surface area contributed by atoms with Crippen molar-refractivity contribution in [3.63, 3.8) is 0 Å². The van der Waals surface area contributed by atoms with Crippen LogP contribution in [0.4, 0.5) is 0 Å². The molecule has 3 heteroatoms. The van der Waals surface area contributed by atoms with Gasteiger partial charge in [-0.3, -0.25) is 0 Å². The van der Waals surface area contributed by atoms with Crippen LogP contribution in [0.2, 0.25) is 0 Å². The number of hydrogen-bond acceptors (Lipinski definition) is 3. The van der Waals surface area contributed by atoms with Gasteiger partial charge in [-0.05, 0) is 30.5 Å². The summed E-state index contributed by atoms with van der Waals surface area (Å²) in [4.78, 5) is 0. The predicted octanol–water partition coefficient (Wildman–Crippen LogP) is 2.50. The SMILES string of the molecule is COc1ccc(OC)c(C(N)CC2CC2)c1. The fraction of sp³-hybridized carbons (Fsp3) is 0.538. The molecule has 88 valence electrons. The summed E-state index contributed by atoms with van der Waals surface area (Å²) >= 11 is 0. The van der Waals surface area contributed by atoms with Gasteiger partial charge in [0.2, 0.25) is 0 Å². The van der Waals surface area contributed by atoms with E-state index in [9.17, 15) is 0 Å². The molecule has 1 fully saturated rings. The number of rotatable bonds is 5. The van der Waals surface area contributed by atoms with Crippen molar-refractivity contribution in [2.45, 2.75) is 25.3 Å². The molecule has 3 nitrogen and oxygen atoms in total. The molecule has 0 saturated heterocycles. The molecule has 2 N–H and O–H groups in total. The fourth-order valence-corrected chi connectivity index (χ4v) is 1.97. The average molecular weight is 221 g/mol.